The third-order valence-corrected chi connectivity index (χ3v) is 4.32. The van der Waals surface area contributed by atoms with E-state index in [9.17, 15) is 15.0 Å². The van der Waals surface area contributed by atoms with Gasteiger partial charge in [-0.25, -0.2) is 9.97 Å². The molecule has 1 atom stereocenters. The Morgan fingerprint density at radius 1 is 1.33 bits per heavy atom. The number of aliphatic hydroxyl groups excluding tert-OH is 1. The molecule has 24 heavy (non-hydrogen) atoms. The lowest BCUT2D eigenvalue weighted by Crippen LogP contribution is -2.52. The third-order valence-electron chi connectivity index (χ3n) is 4.32. The van der Waals surface area contributed by atoms with Gasteiger partial charge in [0.1, 0.15) is 11.4 Å². The summed E-state index contributed by atoms with van der Waals surface area (Å²) in [5, 5.41) is 19.7. The number of benzene rings is 1. The number of carbonyl (C=O) groups is 1. The molecule has 1 aliphatic rings. The monoisotopic (exact) mass is 327 g/mol. The van der Waals surface area contributed by atoms with Gasteiger partial charge in [0.25, 0.3) is 5.91 Å². The fourth-order valence-corrected chi connectivity index (χ4v) is 3.03. The summed E-state index contributed by atoms with van der Waals surface area (Å²) < 4.78 is 0. The Labute approximate surface area is 140 Å². The molecule has 2 heterocycles. The van der Waals surface area contributed by atoms with Crippen molar-refractivity contribution in [3.63, 3.8) is 0 Å². The van der Waals surface area contributed by atoms with E-state index in [4.69, 9.17) is 0 Å². The van der Waals surface area contributed by atoms with E-state index < -0.39 is 5.60 Å². The molecule has 0 spiro atoms. The summed E-state index contributed by atoms with van der Waals surface area (Å²) in [7, 11) is 0. The van der Waals surface area contributed by atoms with Crippen LogP contribution < -0.4 is 0 Å². The van der Waals surface area contributed by atoms with E-state index >= 15 is 0 Å². The molecule has 1 aliphatic heterocycles. The van der Waals surface area contributed by atoms with Crippen LogP contribution in [0.5, 0.6) is 0 Å². The molecule has 1 amide bonds. The molecule has 126 valence electrons. The average molecular weight is 327 g/mol. The summed E-state index contributed by atoms with van der Waals surface area (Å²) >= 11 is 0. The summed E-state index contributed by atoms with van der Waals surface area (Å²) in [6, 6.07) is 9.50. The van der Waals surface area contributed by atoms with Crippen LogP contribution in [-0.2, 0) is 0 Å². The zero-order chi connectivity index (χ0) is 17.2. The zero-order valence-electron chi connectivity index (χ0n) is 13.6. The number of rotatable bonds is 3. The maximum Gasteiger partial charge on any atom is 0.257 e. The molecule has 0 radical (unpaired) electrons. The topological polar surface area (TPSA) is 86.6 Å². The summed E-state index contributed by atoms with van der Waals surface area (Å²) in [4.78, 5) is 23.1. The minimum absolute atomic E-state index is 0.116. The average Bonchev–Trinajstić information content (AvgIpc) is 2.62. The number of piperidine rings is 1. The van der Waals surface area contributed by atoms with Crippen molar-refractivity contribution in [2.45, 2.75) is 25.4 Å². The van der Waals surface area contributed by atoms with Gasteiger partial charge in [0.05, 0.1) is 24.4 Å². The quantitative estimate of drug-likeness (QED) is 0.890. The molecule has 1 saturated heterocycles. The van der Waals surface area contributed by atoms with Crippen LogP contribution in [0.2, 0.25) is 0 Å². The van der Waals surface area contributed by atoms with Gasteiger partial charge in [-0.15, -0.1) is 0 Å². The van der Waals surface area contributed by atoms with Gasteiger partial charge in [-0.1, -0.05) is 30.3 Å². The molecule has 0 unspecified atom stereocenters. The maximum atomic E-state index is 13.0. The summed E-state index contributed by atoms with van der Waals surface area (Å²) in [5.74, 6) is 0.372. The SMILES string of the molecule is Cc1ncc(C(=O)N2CCC[C@@](O)(CO)C2)c(-c2ccccc2)n1. The number of aliphatic hydroxyl groups is 2. The largest absolute Gasteiger partial charge is 0.393 e. The Balaban J connectivity index is 1.96. The van der Waals surface area contributed by atoms with Gasteiger partial charge in [-0.3, -0.25) is 4.79 Å². The number of nitrogens with zero attached hydrogens (tertiary/aromatic N) is 3. The number of hydrogen-bond donors (Lipinski definition) is 2. The Morgan fingerprint density at radius 2 is 2.08 bits per heavy atom. The number of carbonyl (C=O) groups excluding carboxylic acids is 1. The Bertz CT molecular complexity index is 736. The molecule has 1 aromatic carbocycles. The van der Waals surface area contributed by atoms with E-state index in [-0.39, 0.29) is 19.1 Å². The minimum Gasteiger partial charge on any atom is -0.393 e. The number of aryl methyl sites for hydroxylation is 1. The van der Waals surface area contributed by atoms with Crippen LogP contribution in [0.1, 0.15) is 29.0 Å². The summed E-state index contributed by atoms with van der Waals surface area (Å²) in [6.07, 6.45) is 2.68. The number of likely N-dealkylation sites (tertiary alicyclic amines) is 1. The van der Waals surface area contributed by atoms with Crippen molar-refractivity contribution >= 4 is 5.91 Å². The van der Waals surface area contributed by atoms with Crippen molar-refractivity contribution in [2.24, 2.45) is 0 Å². The minimum atomic E-state index is -1.23. The van der Waals surface area contributed by atoms with Gasteiger partial charge in [0.15, 0.2) is 0 Å². The first-order valence-corrected chi connectivity index (χ1v) is 8.04. The van der Waals surface area contributed by atoms with E-state index in [2.05, 4.69) is 9.97 Å². The second-order valence-electron chi connectivity index (χ2n) is 6.26. The molecule has 2 N–H and O–H groups in total. The van der Waals surface area contributed by atoms with Crippen molar-refractivity contribution in [1.29, 1.82) is 0 Å². The normalized spacial score (nSPS) is 20.9. The first-order chi connectivity index (χ1) is 11.5. The van der Waals surface area contributed by atoms with E-state index in [0.29, 0.717) is 36.5 Å². The van der Waals surface area contributed by atoms with Gasteiger partial charge >= 0.3 is 0 Å². The van der Waals surface area contributed by atoms with Crippen molar-refractivity contribution in [1.82, 2.24) is 14.9 Å². The smallest absolute Gasteiger partial charge is 0.257 e. The molecule has 2 aromatic rings. The molecule has 1 fully saturated rings. The molecule has 1 aromatic heterocycles. The van der Waals surface area contributed by atoms with E-state index in [1.54, 1.807) is 18.0 Å². The number of amides is 1. The van der Waals surface area contributed by atoms with Crippen LogP contribution in [-0.4, -0.2) is 56.3 Å². The Morgan fingerprint density at radius 3 is 2.79 bits per heavy atom. The van der Waals surface area contributed by atoms with Gasteiger partial charge in [0, 0.05) is 18.3 Å². The molecular weight excluding hydrogens is 306 g/mol. The first kappa shape index (κ1) is 16.5. The van der Waals surface area contributed by atoms with Gasteiger partial charge < -0.3 is 15.1 Å². The molecule has 0 aliphatic carbocycles. The van der Waals surface area contributed by atoms with Crippen LogP contribution in [0.3, 0.4) is 0 Å². The van der Waals surface area contributed by atoms with E-state index in [0.717, 1.165) is 5.56 Å². The fraction of sp³-hybridized carbons (Fsp3) is 0.389. The Hall–Kier alpha value is -2.31. The molecule has 6 nitrogen and oxygen atoms in total. The second-order valence-corrected chi connectivity index (χ2v) is 6.26. The van der Waals surface area contributed by atoms with Crippen molar-refractivity contribution in [3.8, 4) is 11.3 Å². The van der Waals surface area contributed by atoms with Crippen molar-refractivity contribution in [3.05, 3.63) is 47.9 Å². The van der Waals surface area contributed by atoms with E-state index in [1.807, 2.05) is 30.3 Å². The molecular formula is C18H21N3O3. The van der Waals surface area contributed by atoms with Crippen LogP contribution >= 0.6 is 0 Å². The highest BCUT2D eigenvalue weighted by molar-refractivity contribution is 5.99. The molecule has 0 saturated carbocycles. The fourth-order valence-electron chi connectivity index (χ4n) is 3.03. The molecule has 6 heteroatoms. The van der Waals surface area contributed by atoms with Crippen LogP contribution in [0.25, 0.3) is 11.3 Å². The zero-order valence-corrected chi connectivity index (χ0v) is 13.6. The number of aromatic nitrogens is 2. The lowest BCUT2D eigenvalue weighted by Gasteiger charge is -2.38. The first-order valence-electron chi connectivity index (χ1n) is 8.04. The number of β-amino-alcohol motifs (C(OH)–C–C–N with tert-alkyl or cyclic N) is 1. The van der Waals surface area contributed by atoms with Crippen LogP contribution in [0.4, 0.5) is 0 Å². The Kier molecular flexibility index (Phi) is 4.59. The predicted octanol–water partition coefficient (Wildman–Crippen LogP) is 1.41. The summed E-state index contributed by atoms with van der Waals surface area (Å²) in [5.41, 5.74) is 0.618. The summed E-state index contributed by atoms with van der Waals surface area (Å²) in [6.45, 7) is 2.09. The maximum absolute atomic E-state index is 13.0. The standard InChI is InChI=1S/C18H21N3O3/c1-13-19-10-15(16(20-13)14-6-3-2-4-7-14)17(23)21-9-5-8-18(24,11-21)12-22/h2-4,6-7,10,22,24H,5,8-9,11-12H2,1H3/t18-/m0/s1. The predicted molar refractivity (Wildman–Crippen MR) is 89.4 cm³/mol. The highest BCUT2D eigenvalue weighted by Crippen LogP contribution is 2.26. The third kappa shape index (κ3) is 3.29. The lowest BCUT2D eigenvalue weighted by atomic mass is 9.93. The van der Waals surface area contributed by atoms with Crippen LogP contribution in [0.15, 0.2) is 36.5 Å². The second kappa shape index (κ2) is 6.67. The van der Waals surface area contributed by atoms with Crippen LogP contribution in [0, 0.1) is 6.92 Å². The lowest BCUT2D eigenvalue weighted by molar-refractivity contribution is -0.0598. The van der Waals surface area contributed by atoms with Crippen molar-refractivity contribution in [2.75, 3.05) is 19.7 Å². The van der Waals surface area contributed by atoms with Gasteiger partial charge in [0.2, 0.25) is 0 Å². The van der Waals surface area contributed by atoms with Gasteiger partial charge in [-0.05, 0) is 19.8 Å². The number of hydrogen-bond acceptors (Lipinski definition) is 5. The van der Waals surface area contributed by atoms with Gasteiger partial charge in [-0.2, -0.15) is 0 Å². The molecule has 3 rings (SSSR count). The molecule has 0 bridgehead atoms. The van der Waals surface area contributed by atoms with Crippen molar-refractivity contribution < 1.29 is 15.0 Å². The highest BCUT2D eigenvalue weighted by atomic mass is 16.3. The van der Waals surface area contributed by atoms with E-state index in [1.165, 1.54) is 0 Å². The highest BCUT2D eigenvalue weighted by Gasteiger charge is 2.35.